The minimum absolute atomic E-state index is 0.0946. The number of hydrogen-bond donors (Lipinski definition) is 1. The average Bonchev–Trinajstić information content (AvgIpc) is 3.30. The van der Waals surface area contributed by atoms with Crippen molar-refractivity contribution in [3.8, 4) is 0 Å². The van der Waals surface area contributed by atoms with E-state index >= 15 is 0 Å². The van der Waals surface area contributed by atoms with Gasteiger partial charge in [0.15, 0.2) is 0 Å². The van der Waals surface area contributed by atoms with Crippen molar-refractivity contribution in [2.24, 2.45) is 0 Å². The molecule has 1 fully saturated rings. The molecule has 1 amide bonds. The zero-order valence-electron chi connectivity index (χ0n) is 17.5. The maximum atomic E-state index is 12.9. The van der Waals surface area contributed by atoms with E-state index in [4.69, 9.17) is 0 Å². The third-order valence-corrected chi connectivity index (χ3v) is 8.29. The van der Waals surface area contributed by atoms with Gasteiger partial charge in [0.25, 0.3) is 0 Å². The Morgan fingerprint density at radius 3 is 2.52 bits per heavy atom. The van der Waals surface area contributed by atoms with Gasteiger partial charge in [0.05, 0.1) is 20.7 Å². The smallest absolute Gasteiger partial charge is 0.243 e. The van der Waals surface area contributed by atoms with Gasteiger partial charge >= 0.3 is 0 Å². The molecule has 6 nitrogen and oxygen atoms in total. The summed E-state index contributed by atoms with van der Waals surface area (Å²) in [4.78, 5) is 17.5. The standard InChI is InChI=1S/C23H25N3O3S2/c1-16-14-22(30-17(2)23(27)24-18-8-4-3-5-9-18)25-21-11-10-19(15-20(16)21)31(28,29)26-12-6-7-13-26/h3-5,8-11,14-15,17H,6-7,12-13H2,1-2H3,(H,24,27)/t17-/m1/s1. The summed E-state index contributed by atoms with van der Waals surface area (Å²) < 4.78 is 27.3. The number of benzene rings is 2. The lowest BCUT2D eigenvalue weighted by molar-refractivity contribution is -0.115. The third kappa shape index (κ3) is 4.76. The Labute approximate surface area is 187 Å². The summed E-state index contributed by atoms with van der Waals surface area (Å²) in [6.45, 7) is 4.94. The predicted octanol–water partition coefficient (Wildman–Crippen LogP) is 4.45. The number of amides is 1. The number of aromatic nitrogens is 1. The molecule has 0 unspecified atom stereocenters. The maximum absolute atomic E-state index is 12.9. The number of hydrogen-bond acceptors (Lipinski definition) is 5. The lowest BCUT2D eigenvalue weighted by Crippen LogP contribution is -2.27. The topological polar surface area (TPSA) is 79.4 Å². The number of rotatable bonds is 6. The average molecular weight is 456 g/mol. The molecular formula is C23H25N3O3S2. The van der Waals surface area contributed by atoms with Crippen molar-refractivity contribution in [3.63, 3.8) is 0 Å². The highest BCUT2D eigenvalue weighted by Crippen LogP contribution is 2.30. The molecule has 1 aromatic heterocycles. The van der Waals surface area contributed by atoms with Gasteiger partial charge in [0.2, 0.25) is 15.9 Å². The van der Waals surface area contributed by atoms with Crippen molar-refractivity contribution in [1.29, 1.82) is 0 Å². The van der Waals surface area contributed by atoms with E-state index in [1.165, 1.54) is 11.8 Å². The number of carbonyl (C=O) groups excluding carboxylic acids is 1. The second-order valence-electron chi connectivity index (χ2n) is 7.68. The maximum Gasteiger partial charge on any atom is 0.243 e. The van der Waals surface area contributed by atoms with Crippen LogP contribution in [0.15, 0.2) is 64.5 Å². The highest BCUT2D eigenvalue weighted by Gasteiger charge is 2.27. The molecule has 0 bridgehead atoms. The van der Waals surface area contributed by atoms with E-state index in [0.29, 0.717) is 18.0 Å². The molecule has 1 aliphatic rings. The fourth-order valence-corrected chi connectivity index (χ4v) is 6.11. The van der Waals surface area contributed by atoms with Gasteiger partial charge in [0.1, 0.15) is 0 Å². The zero-order chi connectivity index (χ0) is 22.0. The number of nitrogens with zero attached hydrogens (tertiary/aromatic N) is 2. The van der Waals surface area contributed by atoms with Crippen LogP contribution in [0, 0.1) is 6.92 Å². The van der Waals surface area contributed by atoms with E-state index in [2.05, 4.69) is 10.3 Å². The number of thioether (sulfide) groups is 1. The predicted molar refractivity (Wildman–Crippen MR) is 125 cm³/mol. The molecule has 1 saturated heterocycles. The van der Waals surface area contributed by atoms with E-state index in [9.17, 15) is 13.2 Å². The van der Waals surface area contributed by atoms with Crippen LogP contribution in [-0.2, 0) is 14.8 Å². The number of carbonyl (C=O) groups is 1. The summed E-state index contributed by atoms with van der Waals surface area (Å²) in [5.74, 6) is -0.0946. The van der Waals surface area contributed by atoms with Gasteiger partial charge in [-0.1, -0.05) is 30.0 Å². The van der Waals surface area contributed by atoms with Gasteiger partial charge in [-0.15, -0.1) is 0 Å². The van der Waals surface area contributed by atoms with Crippen LogP contribution in [0.4, 0.5) is 5.69 Å². The van der Waals surface area contributed by atoms with Crippen molar-refractivity contribution in [2.45, 2.75) is 41.9 Å². The molecule has 0 aliphatic carbocycles. The summed E-state index contributed by atoms with van der Waals surface area (Å²) in [5, 5.41) is 4.12. The normalized spacial score (nSPS) is 15.8. The van der Waals surface area contributed by atoms with E-state index in [0.717, 1.165) is 40.0 Å². The number of sulfonamides is 1. The lowest BCUT2D eigenvalue weighted by atomic mass is 10.1. The van der Waals surface area contributed by atoms with E-state index in [-0.39, 0.29) is 11.2 Å². The van der Waals surface area contributed by atoms with E-state index in [1.54, 1.807) is 22.5 Å². The molecule has 2 heterocycles. The first kappa shape index (κ1) is 21.8. The Hall–Kier alpha value is -2.42. The minimum atomic E-state index is -3.47. The summed E-state index contributed by atoms with van der Waals surface area (Å²) in [7, 11) is -3.47. The van der Waals surface area contributed by atoms with Crippen LogP contribution in [0.2, 0.25) is 0 Å². The third-order valence-electron chi connectivity index (χ3n) is 5.37. The number of fused-ring (bicyclic) bond motifs is 1. The summed E-state index contributed by atoms with van der Waals surface area (Å²) in [6, 6.07) is 16.4. The lowest BCUT2D eigenvalue weighted by Gasteiger charge is -2.16. The number of nitrogens with one attached hydrogen (secondary N) is 1. The van der Waals surface area contributed by atoms with Crippen LogP contribution in [0.3, 0.4) is 0 Å². The van der Waals surface area contributed by atoms with Crippen molar-refractivity contribution in [3.05, 3.63) is 60.2 Å². The van der Waals surface area contributed by atoms with Gasteiger partial charge in [-0.3, -0.25) is 4.79 Å². The van der Waals surface area contributed by atoms with Gasteiger partial charge in [0, 0.05) is 24.2 Å². The van der Waals surface area contributed by atoms with Crippen LogP contribution in [0.25, 0.3) is 10.9 Å². The molecular weight excluding hydrogens is 430 g/mol. The summed E-state index contributed by atoms with van der Waals surface area (Å²) in [6.07, 6.45) is 1.81. The van der Waals surface area contributed by atoms with Crippen LogP contribution < -0.4 is 5.32 Å². The van der Waals surface area contributed by atoms with Crippen molar-refractivity contribution >= 4 is 44.3 Å². The van der Waals surface area contributed by atoms with Crippen molar-refractivity contribution in [1.82, 2.24) is 9.29 Å². The Bertz CT molecular complexity index is 1210. The molecule has 2 aromatic carbocycles. The number of para-hydroxylation sites is 1. The largest absolute Gasteiger partial charge is 0.325 e. The van der Waals surface area contributed by atoms with E-state index < -0.39 is 10.0 Å². The Morgan fingerprint density at radius 2 is 1.81 bits per heavy atom. The molecule has 162 valence electrons. The molecule has 1 atom stereocenters. The SMILES string of the molecule is Cc1cc(S[C@H](C)C(=O)Nc2ccccc2)nc2ccc(S(=O)(=O)N3CCCC3)cc12. The molecule has 3 aromatic rings. The second kappa shape index (κ2) is 8.98. The first-order valence-electron chi connectivity index (χ1n) is 10.3. The monoisotopic (exact) mass is 455 g/mol. The summed E-state index contributed by atoms with van der Waals surface area (Å²) in [5.41, 5.74) is 2.41. The Morgan fingerprint density at radius 1 is 1.10 bits per heavy atom. The minimum Gasteiger partial charge on any atom is -0.325 e. The van der Waals surface area contributed by atoms with Crippen LogP contribution in [-0.4, -0.2) is 42.0 Å². The van der Waals surface area contributed by atoms with Gasteiger partial charge in [-0.25, -0.2) is 13.4 Å². The molecule has 1 N–H and O–H groups in total. The molecule has 31 heavy (non-hydrogen) atoms. The first-order valence-corrected chi connectivity index (χ1v) is 12.6. The van der Waals surface area contributed by atoms with Gasteiger partial charge in [-0.2, -0.15) is 4.31 Å². The highest BCUT2D eigenvalue weighted by molar-refractivity contribution is 8.00. The number of aryl methyl sites for hydroxylation is 1. The van der Waals surface area contributed by atoms with Gasteiger partial charge in [-0.05, 0) is 68.7 Å². The highest BCUT2D eigenvalue weighted by atomic mass is 32.2. The molecule has 1 aliphatic heterocycles. The molecule has 0 saturated carbocycles. The fourth-order valence-electron chi connectivity index (χ4n) is 3.64. The Kier molecular flexibility index (Phi) is 6.31. The first-order chi connectivity index (χ1) is 14.8. The molecule has 8 heteroatoms. The van der Waals surface area contributed by atoms with Crippen LogP contribution in [0.5, 0.6) is 0 Å². The summed E-state index contributed by atoms with van der Waals surface area (Å²) >= 11 is 1.38. The Balaban J connectivity index is 1.54. The number of pyridine rings is 1. The van der Waals surface area contributed by atoms with Crippen molar-refractivity contribution in [2.75, 3.05) is 18.4 Å². The van der Waals surface area contributed by atoms with Crippen molar-refractivity contribution < 1.29 is 13.2 Å². The second-order valence-corrected chi connectivity index (χ2v) is 11.0. The van der Waals surface area contributed by atoms with Gasteiger partial charge < -0.3 is 5.32 Å². The van der Waals surface area contributed by atoms with Crippen LogP contribution >= 0.6 is 11.8 Å². The van der Waals surface area contributed by atoms with E-state index in [1.807, 2.05) is 50.2 Å². The van der Waals surface area contributed by atoms with Crippen LogP contribution in [0.1, 0.15) is 25.3 Å². The molecule has 0 radical (unpaired) electrons. The zero-order valence-corrected chi connectivity index (χ0v) is 19.2. The quantitative estimate of drug-likeness (QED) is 0.556. The molecule has 4 rings (SSSR count). The fraction of sp³-hybridized carbons (Fsp3) is 0.304. The molecule has 0 spiro atoms. The number of anilines is 1.